The monoisotopic (exact) mass is 289 g/mol. The number of amides is 1. The third-order valence-corrected chi connectivity index (χ3v) is 6.03. The zero-order chi connectivity index (χ0) is 15.8. The van der Waals surface area contributed by atoms with E-state index < -0.39 is 0 Å². The molecule has 0 heterocycles. The molecular formula is C18H27NO2. The van der Waals surface area contributed by atoms with Crippen molar-refractivity contribution in [2.24, 2.45) is 22.7 Å². The molecule has 3 nitrogen and oxygen atoms in total. The van der Waals surface area contributed by atoms with Crippen LogP contribution in [0, 0.1) is 22.7 Å². The van der Waals surface area contributed by atoms with E-state index in [4.69, 9.17) is 4.74 Å². The van der Waals surface area contributed by atoms with Crippen molar-refractivity contribution in [2.75, 3.05) is 12.4 Å². The van der Waals surface area contributed by atoms with Crippen molar-refractivity contribution in [1.29, 1.82) is 0 Å². The summed E-state index contributed by atoms with van der Waals surface area (Å²) in [5.74, 6) is 1.51. The molecule has 21 heavy (non-hydrogen) atoms. The average molecular weight is 289 g/mol. The minimum absolute atomic E-state index is 0.0109. The van der Waals surface area contributed by atoms with Gasteiger partial charge in [-0.15, -0.1) is 0 Å². The van der Waals surface area contributed by atoms with E-state index in [1.807, 2.05) is 24.3 Å². The lowest BCUT2D eigenvalue weighted by molar-refractivity contribution is -0.123. The second-order valence-electron chi connectivity index (χ2n) is 7.35. The second kappa shape index (κ2) is 5.36. The highest BCUT2D eigenvalue weighted by Crippen LogP contribution is 2.58. The first kappa shape index (κ1) is 15.9. The maximum absolute atomic E-state index is 12.7. The maximum atomic E-state index is 12.7. The fourth-order valence-electron chi connectivity index (χ4n) is 3.37. The van der Waals surface area contributed by atoms with Crippen molar-refractivity contribution >= 4 is 11.6 Å². The third-order valence-electron chi connectivity index (χ3n) is 6.03. The van der Waals surface area contributed by atoms with Gasteiger partial charge in [0.2, 0.25) is 5.91 Å². The number of benzene rings is 1. The highest BCUT2D eigenvalue weighted by Gasteiger charge is 2.55. The molecule has 0 unspecified atom stereocenters. The minimum atomic E-state index is -0.0109. The van der Waals surface area contributed by atoms with Crippen molar-refractivity contribution in [3.8, 4) is 5.75 Å². The molecule has 3 heteroatoms. The predicted molar refractivity (Wildman–Crippen MR) is 86.5 cm³/mol. The molecule has 116 valence electrons. The highest BCUT2D eigenvalue weighted by atomic mass is 16.5. The van der Waals surface area contributed by atoms with Gasteiger partial charge >= 0.3 is 0 Å². The summed E-state index contributed by atoms with van der Waals surface area (Å²) >= 11 is 0. The Bertz CT molecular complexity index is 517. The van der Waals surface area contributed by atoms with Crippen LogP contribution >= 0.6 is 0 Å². The van der Waals surface area contributed by atoms with Crippen molar-refractivity contribution in [3.63, 3.8) is 0 Å². The molecule has 1 fully saturated rings. The number of hydrogen-bond acceptors (Lipinski definition) is 2. The summed E-state index contributed by atoms with van der Waals surface area (Å²) in [4.78, 5) is 12.7. The fourth-order valence-corrected chi connectivity index (χ4v) is 3.37. The van der Waals surface area contributed by atoms with E-state index in [9.17, 15) is 4.79 Å². The Labute approximate surface area is 128 Å². The van der Waals surface area contributed by atoms with Gasteiger partial charge in [0.1, 0.15) is 5.75 Å². The summed E-state index contributed by atoms with van der Waals surface area (Å²) in [6.07, 6.45) is 0.946. The molecule has 1 aliphatic carbocycles. The van der Waals surface area contributed by atoms with E-state index >= 15 is 0 Å². The molecule has 1 aliphatic rings. The molecule has 2 atom stereocenters. The van der Waals surface area contributed by atoms with Gasteiger partial charge in [0.05, 0.1) is 7.11 Å². The number of rotatable bonds is 3. The summed E-state index contributed by atoms with van der Waals surface area (Å²) in [6, 6.07) is 7.49. The molecule has 0 saturated heterocycles. The predicted octanol–water partition coefficient (Wildman–Crippen LogP) is 4.34. The van der Waals surface area contributed by atoms with Gasteiger partial charge in [0.15, 0.2) is 0 Å². The Kier molecular flexibility index (Phi) is 4.05. The Morgan fingerprint density at radius 2 is 1.71 bits per heavy atom. The number of nitrogens with one attached hydrogen (secondary N) is 1. The lowest BCUT2D eigenvalue weighted by Crippen LogP contribution is -2.38. The first-order valence-electron chi connectivity index (χ1n) is 7.65. The van der Waals surface area contributed by atoms with Crippen LogP contribution in [0.2, 0.25) is 0 Å². The maximum Gasteiger partial charge on any atom is 0.228 e. The van der Waals surface area contributed by atoms with Crippen LogP contribution < -0.4 is 10.1 Å². The second-order valence-corrected chi connectivity index (χ2v) is 7.35. The lowest BCUT2D eigenvalue weighted by atomic mass is 9.64. The van der Waals surface area contributed by atoms with Gasteiger partial charge in [-0.1, -0.05) is 34.6 Å². The Morgan fingerprint density at radius 3 is 2.14 bits per heavy atom. The molecule has 0 radical (unpaired) electrons. The van der Waals surface area contributed by atoms with Gasteiger partial charge in [-0.3, -0.25) is 4.79 Å². The normalized spacial score (nSPS) is 26.4. The molecule has 0 aromatic heterocycles. The Hall–Kier alpha value is -1.51. The van der Waals surface area contributed by atoms with Crippen LogP contribution in [0.1, 0.15) is 41.0 Å². The van der Waals surface area contributed by atoms with E-state index in [-0.39, 0.29) is 22.7 Å². The van der Waals surface area contributed by atoms with Crippen molar-refractivity contribution in [1.82, 2.24) is 0 Å². The smallest absolute Gasteiger partial charge is 0.228 e. The number of methoxy groups -OCH3 is 1. The summed E-state index contributed by atoms with van der Waals surface area (Å²) in [5, 5.41) is 3.05. The largest absolute Gasteiger partial charge is 0.497 e. The lowest BCUT2D eigenvalue weighted by Gasteiger charge is -2.40. The van der Waals surface area contributed by atoms with Crippen LogP contribution in [0.15, 0.2) is 24.3 Å². The zero-order valence-corrected chi connectivity index (χ0v) is 14.0. The Morgan fingerprint density at radius 1 is 1.14 bits per heavy atom. The molecular weight excluding hydrogens is 262 g/mol. The number of anilines is 1. The van der Waals surface area contributed by atoms with Gasteiger partial charge in [-0.05, 0) is 47.4 Å². The summed E-state index contributed by atoms with van der Waals surface area (Å²) in [7, 11) is 1.64. The van der Waals surface area contributed by atoms with Gasteiger partial charge in [0.25, 0.3) is 0 Å². The van der Waals surface area contributed by atoms with Gasteiger partial charge < -0.3 is 10.1 Å². The minimum Gasteiger partial charge on any atom is -0.497 e. The van der Waals surface area contributed by atoms with E-state index in [1.54, 1.807) is 7.11 Å². The van der Waals surface area contributed by atoms with Gasteiger partial charge in [-0.2, -0.15) is 0 Å². The number of ether oxygens (including phenoxy) is 1. The topological polar surface area (TPSA) is 38.3 Å². The van der Waals surface area contributed by atoms with Crippen molar-refractivity contribution in [3.05, 3.63) is 24.3 Å². The van der Waals surface area contributed by atoms with Crippen LogP contribution in [0.5, 0.6) is 5.75 Å². The standard InChI is InChI=1S/C18H27NO2/c1-12-11-15(18(4,5)17(12,2)3)16(20)19-13-7-9-14(21-6)10-8-13/h7-10,12,15H,11H2,1-6H3,(H,19,20)/t12-,15-/m1/s1. The van der Waals surface area contributed by atoms with Gasteiger partial charge in [-0.25, -0.2) is 0 Å². The van der Waals surface area contributed by atoms with Gasteiger partial charge in [0, 0.05) is 11.6 Å². The van der Waals surface area contributed by atoms with Crippen LogP contribution in [0.25, 0.3) is 0 Å². The summed E-state index contributed by atoms with van der Waals surface area (Å²) < 4.78 is 5.14. The number of hydrogen-bond donors (Lipinski definition) is 1. The first-order valence-corrected chi connectivity index (χ1v) is 7.65. The molecule has 1 N–H and O–H groups in total. The van der Waals surface area contributed by atoms with Crippen LogP contribution in [0.3, 0.4) is 0 Å². The van der Waals surface area contributed by atoms with Crippen LogP contribution in [-0.4, -0.2) is 13.0 Å². The molecule has 0 aliphatic heterocycles. The van der Waals surface area contributed by atoms with E-state index in [0.29, 0.717) is 5.92 Å². The SMILES string of the molecule is COc1ccc(NC(=O)[C@H]2C[C@@H](C)C(C)(C)C2(C)C)cc1. The number of carbonyl (C=O) groups is 1. The quantitative estimate of drug-likeness (QED) is 0.898. The zero-order valence-electron chi connectivity index (χ0n) is 14.0. The molecule has 1 saturated carbocycles. The summed E-state index contributed by atoms with van der Waals surface area (Å²) in [5.41, 5.74) is 0.978. The number of carbonyl (C=O) groups excluding carboxylic acids is 1. The van der Waals surface area contributed by atoms with Crippen molar-refractivity contribution in [2.45, 2.75) is 41.0 Å². The van der Waals surface area contributed by atoms with E-state index in [0.717, 1.165) is 17.9 Å². The van der Waals surface area contributed by atoms with Crippen LogP contribution in [0.4, 0.5) is 5.69 Å². The molecule has 1 amide bonds. The molecule has 1 aromatic carbocycles. The third kappa shape index (κ3) is 2.66. The van der Waals surface area contributed by atoms with Crippen LogP contribution in [-0.2, 0) is 4.79 Å². The molecule has 1 aromatic rings. The van der Waals surface area contributed by atoms with E-state index in [2.05, 4.69) is 39.9 Å². The molecule has 2 rings (SSSR count). The molecule has 0 bridgehead atoms. The molecule has 0 spiro atoms. The Balaban J connectivity index is 2.13. The summed E-state index contributed by atoms with van der Waals surface area (Å²) in [6.45, 7) is 11.2. The highest BCUT2D eigenvalue weighted by molar-refractivity contribution is 5.93. The van der Waals surface area contributed by atoms with Crippen molar-refractivity contribution < 1.29 is 9.53 Å². The fraction of sp³-hybridized carbons (Fsp3) is 0.611. The van der Waals surface area contributed by atoms with E-state index in [1.165, 1.54) is 0 Å². The first-order chi connectivity index (χ1) is 9.70. The average Bonchev–Trinajstić information content (AvgIpc) is 2.59.